The summed E-state index contributed by atoms with van der Waals surface area (Å²) in [6, 6.07) is 14.9. The van der Waals surface area contributed by atoms with Gasteiger partial charge in [0.2, 0.25) is 0 Å². The maximum atomic E-state index is 12.3. The van der Waals surface area contributed by atoms with Gasteiger partial charge in [-0.15, -0.1) is 0 Å². The lowest BCUT2D eigenvalue weighted by Crippen LogP contribution is -2.19. The van der Waals surface area contributed by atoms with Crippen molar-refractivity contribution in [2.24, 2.45) is 5.10 Å². The van der Waals surface area contributed by atoms with Gasteiger partial charge in [0.25, 0.3) is 5.91 Å². The maximum absolute atomic E-state index is 12.3. The van der Waals surface area contributed by atoms with E-state index in [1.54, 1.807) is 12.1 Å². The van der Waals surface area contributed by atoms with E-state index >= 15 is 0 Å². The topological polar surface area (TPSA) is 59.9 Å². The molecule has 0 aromatic heterocycles. The molecule has 3 rings (SSSR count). The van der Waals surface area contributed by atoms with Gasteiger partial charge < -0.3 is 9.47 Å². The number of rotatable bonds is 8. The first-order valence-electron chi connectivity index (χ1n) is 10.0. The molecule has 1 aliphatic carbocycles. The molecule has 0 atom stereocenters. The van der Waals surface area contributed by atoms with Crippen LogP contribution in [0.2, 0.25) is 0 Å². The molecule has 5 heteroatoms. The Balaban J connectivity index is 1.54. The van der Waals surface area contributed by atoms with Gasteiger partial charge in [-0.3, -0.25) is 4.79 Å². The van der Waals surface area contributed by atoms with E-state index in [0.29, 0.717) is 18.3 Å². The molecule has 0 heterocycles. The standard InChI is InChI=1S/C23H28N2O3/c1-3-16-27-20-12-8-18(9-13-20)17(2)24-25-23(26)19-10-14-22(15-11-19)28-21-6-4-5-7-21/h8-15,21H,3-7,16H2,1-2H3,(H,25,26). The second-order valence-electron chi connectivity index (χ2n) is 7.06. The lowest BCUT2D eigenvalue weighted by Gasteiger charge is -2.13. The van der Waals surface area contributed by atoms with Crippen LogP contribution in [0.4, 0.5) is 0 Å². The average Bonchev–Trinajstić information content (AvgIpc) is 3.24. The number of benzene rings is 2. The van der Waals surface area contributed by atoms with Crippen molar-refractivity contribution >= 4 is 11.6 Å². The third-order valence-electron chi connectivity index (χ3n) is 4.79. The van der Waals surface area contributed by atoms with Crippen molar-refractivity contribution in [2.45, 2.75) is 52.1 Å². The second kappa shape index (κ2) is 9.93. The van der Waals surface area contributed by atoms with Crippen LogP contribution >= 0.6 is 0 Å². The molecular weight excluding hydrogens is 352 g/mol. The van der Waals surface area contributed by atoms with Gasteiger partial charge in [0.05, 0.1) is 18.4 Å². The van der Waals surface area contributed by atoms with E-state index in [4.69, 9.17) is 9.47 Å². The highest BCUT2D eigenvalue weighted by Gasteiger charge is 2.16. The number of amides is 1. The monoisotopic (exact) mass is 380 g/mol. The van der Waals surface area contributed by atoms with Crippen LogP contribution < -0.4 is 14.9 Å². The molecule has 1 fully saturated rings. The van der Waals surface area contributed by atoms with Gasteiger partial charge in [-0.25, -0.2) is 5.43 Å². The molecule has 0 spiro atoms. The molecule has 1 aliphatic rings. The predicted octanol–water partition coefficient (Wildman–Crippen LogP) is 4.95. The summed E-state index contributed by atoms with van der Waals surface area (Å²) in [5.74, 6) is 1.41. The van der Waals surface area contributed by atoms with E-state index in [9.17, 15) is 4.79 Å². The summed E-state index contributed by atoms with van der Waals surface area (Å²) in [7, 11) is 0. The Morgan fingerprint density at radius 3 is 2.25 bits per heavy atom. The summed E-state index contributed by atoms with van der Waals surface area (Å²) in [5.41, 5.74) is 4.84. The minimum absolute atomic E-state index is 0.241. The summed E-state index contributed by atoms with van der Waals surface area (Å²) in [6.07, 6.45) is 5.98. The minimum Gasteiger partial charge on any atom is -0.494 e. The highest BCUT2D eigenvalue weighted by molar-refractivity contribution is 6.00. The van der Waals surface area contributed by atoms with Crippen molar-refractivity contribution < 1.29 is 14.3 Å². The molecule has 2 aromatic carbocycles. The predicted molar refractivity (Wildman–Crippen MR) is 111 cm³/mol. The van der Waals surface area contributed by atoms with E-state index in [0.717, 1.165) is 42.0 Å². The molecule has 2 aromatic rings. The Labute approximate surface area is 166 Å². The van der Waals surface area contributed by atoms with Crippen molar-refractivity contribution in [2.75, 3.05) is 6.61 Å². The first kappa shape index (κ1) is 19.9. The van der Waals surface area contributed by atoms with Crippen molar-refractivity contribution in [3.63, 3.8) is 0 Å². The van der Waals surface area contributed by atoms with Gasteiger partial charge in [0, 0.05) is 5.56 Å². The lowest BCUT2D eigenvalue weighted by atomic mass is 10.1. The van der Waals surface area contributed by atoms with Gasteiger partial charge in [0.1, 0.15) is 11.5 Å². The van der Waals surface area contributed by atoms with Crippen LogP contribution in [0.3, 0.4) is 0 Å². The van der Waals surface area contributed by atoms with Crippen LogP contribution in [-0.2, 0) is 0 Å². The van der Waals surface area contributed by atoms with E-state index < -0.39 is 0 Å². The Bertz CT molecular complexity index is 792. The van der Waals surface area contributed by atoms with Gasteiger partial charge in [0.15, 0.2) is 0 Å². The number of nitrogens with one attached hydrogen (secondary N) is 1. The van der Waals surface area contributed by atoms with E-state index in [2.05, 4.69) is 17.5 Å². The third kappa shape index (κ3) is 5.59. The maximum Gasteiger partial charge on any atom is 0.271 e. The number of hydrogen-bond donors (Lipinski definition) is 1. The smallest absolute Gasteiger partial charge is 0.271 e. The Morgan fingerprint density at radius 1 is 1.00 bits per heavy atom. The molecule has 0 radical (unpaired) electrons. The van der Waals surface area contributed by atoms with E-state index in [-0.39, 0.29) is 5.91 Å². The van der Waals surface area contributed by atoms with Gasteiger partial charge in [-0.2, -0.15) is 5.10 Å². The highest BCUT2D eigenvalue weighted by atomic mass is 16.5. The molecule has 148 valence electrons. The lowest BCUT2D eigenvalue weighted by molar-refractivity contribution is 0.0955. The fourth-order valence-corrected chi connectivity index (χ4v) is 3.16. The van der Waals surface area contributed by atoms with Gasteiger partial charge in [-0.05, 0) is 93.1 Å². The molecule has 1 saturated carbocycles. The molecule has 1 N–H and O–H groups in total. The number of ether oxygens (including phenoxy) is 2. The van der Waals surface area contributed by atoms with E-state index in [1.165, 1.54) is 12.8 Å². The number of nitrogens with zero attached hydrogens (tertiary/aromatic N) is 1. The van der Waals surface area contributed by atoms with Crippen molar-refractivity contribution in [3.8, 4) is 11.5 Å². The quantitative estimate of drug-likeness (QED) is 0.521. The van der Waals surface area contributed by atoms with Crippen LogP contribution in [0, 0.1) is 0 Å². The largest absolute Gasteiger partial charge is 0.494 e. The molecule has 5 nitrogen and oxygen atoms in total. The molecule has 0 bridgehead atoms. The van der Waals surface area contributed by atoms with E-state index in [1.807, 2.05) is 43.3 Å². The molecular formula is C23H28N2O3. The van der Waals surface area contributed by atoms with Crippen LogP contribution in [0.5, 0.6) is 11.5 Å². The molecule has 0 saturated heterocycles. The summed E-state index contributed by atoms with van der Waals surface area (Å²) >= 11 is 0. The molecule has 1 amide bonds. The number of carbonyl (C=O) groups excluding carboxylic acids is 1. The number of hydrazone groups is 1. The highest BCUT2D eigenvalue weighted by Crippen LogP contribution is 2.24. The Hall–Kier alpha value is -2.82. The van der Waals surface area contributed by atoms with Crippen molar-refractivity contribution in [3.05, 3.63) is 59.7 Å². The summed E-state index contributed by atoms with van der Waals surface area (Å²) in [6.45, 7) is 4.64. The first-order chi connectivity index (χ1) is 13.7. The first-order valence-corrected chi connectivity index (χ1v) is 10.0. The van der Waals surface area contributed by atoms with Crippen LogP contribution in [0.1, 0.15) is 61.9 Å². The Morgan fingerprint density at radius 2 is 1.61 bits per heavy atom. The molecule has 0 unspecified atom stereocenters. The average molecular weight is 380 g/mol. The fraction of sp³-hybridized carbons (Fsp3) is 0.391. The SMILES string of the molecule is CCCOc1ccc(C(C)=NNC(=O)c2ccc(OC3CCCC3)cc2)cc1. The molecule has 0 aliphatic heterocycles. The molecule has 28 heavy (non-hydrogen) atoms. The second-order valence-corrected chi connectivity index (χ2v) is 7.06. The summed E-state index contributed by atoms with van der Waals surface area (Å²) < 4.78 is 11.5. The minimum atomic E-state index is -0.241. The summed E-state index contributed by atoms with van der Waals surface area (Å²) in [5, 5.41) is 4.21. The van der Waals surface area contributed by atoms with Crippen molar-refractivity contribution in [1.82, 2.24) is 5.43 Å². The number of hydrogen-bond acceptors (Lipinski definition) is 4. The zero-order valence-corrected chi connectivity index (χ0v) is 16.6. The Kier molecular flexibility index (Phi) is 7.06. The zero-order valence-electron chi connectivity index (χ0n) is 16.6. The van der Waals surface area contributed by atoms with Crippen molar-refractivity contribution in [1.29, 1.82) is 0 Å². The summed E-state index contributed by atoms with van der Waals surface area (Å²) in [4.78, 5) is 12.3. The van der Waals surface area contributed by atoms with Gasteiger partial charge in [-0.1, -0.05) is 6.92 Å². The zero-order chi connectivity index (χ0) is 19.8. The van der Waals surface area contributed by atoms with Crippen LogP contribution in [-0.4, -0.2) is 24.3 Å². The van der Waals surface area contributed by atoms with Gasteiger partial charge >= 0.3 is 0 Å². The van der Waals surface area contributed by atoms with Crippen LogP contribution in [0.15, 0.2) is 53.6 Å². The van der Waals surface area contributed by atoms with Crippen LogP contribution in [0.25, 0.3) is 0 Å². The third-order valence-corrected chi connectivity index (χ3v) is 4.79. The number of carbonyl (C=O) groups is 1. The normalized spacial score (nSPS) is 14.7. The fourth-order valence-electron chi connectivity index (χ4n) is 3.16.